The quantitative estimate of drug-likeness (QED) is 0.0280. The van der Waals surface area contributed by atoms with Gasteiger partial charge in [-0.25, -0.2) is 0 Å². The molecule has 0 unspecified atom stereocenters. The molecule has 98 heavy (non-hydrogen) atoms. The summed E-state index contributed by atoms with van der Waals surface area (Å²) in [6, 6.07) is 17.2. The molecule has 2 amide bonds. The van der Waals surface area contributed by atoms with Gasteiger partial charge in [0.2, 0.25) is 19.2 Å². The summed E-state index contributed by atoms with van der Waals surface area (Å²) in [4.78, 5) is 58.2. The van der Waals surface area contributed by atoms with E-state index in [0.717, 1.165) is 107 Å². The summed E-state index contributed by atoms with van der Waals surface area (Å²) in [5.74, 6) is -1.41. The van der Waals surface area contributed by atoms with Gasteiger partial charge in [0.05, 0.1) is 37.8 Å². The van der Waals surface area contributed by atoms with E-state index in [1.807, 2.05) is 60.7 Å². The number of benzene rings is 2. The Morgan fingerprint density at radius 3 is 1.11 bits per heavy atom. The normalized spacial score (nSPS) is 17.3. The molecule has 13 nitrogen and oxygen atoms in total. The van der Waals surface area contributed by atoms with Crippen LogP contribution in [0.2, 0.25) is 18.1 Å². The highest BCUT2D eigenvalue weighted by atomic mass is 31.2. The SMILES string of the molecule is CCCCCCCCCCCCCC(=O)O[C@H](CCCCCCCCCCC)CC(=O)N[C@@H]1[C@@H](NC(=O)C[C@@H](CCCCCCCCCCC)OC(=O)CCCCCCCCCCCCC)[C@H](OC)O[C@H](CO[Si](C)(C)C(C)(C)C)[C@H]1OP(=O)(Cc1ccccc1)Cc1ccccc1. The van der Waals surface area contributed by atoms with E-state index in [0.29, 0.717) is 19.3 Å². The summed E-state index contributed by atoms with van der Waals surface area (Å²) >= 11 is 0. The van der Waals surface area contributed by atoms with Gasteiger partial charge in [-0.15, -0.1) is 0 Å². The van der Waals surface area contributed by atoms with Crippen molar-refractivity contribution in [2.24, 2.45) is 0 Å². The molecule has 0 radical (unpaired) electrons. The third kappa shape index (κ3) is 41.6. The number of hydrogen-bond donors (Lipinski definition) is 2. The smallest absolute Gasteiger partial charge is 0.306 e. The van der Waals surface area contributed by atoms with Crippen LogP contribution >= 0.6 is 7.37 Å². The molecule has 3 rings (SSSR count). The minimum atomic E-state index is -3.79. The molecule has 7 atom stereocenters. The fourth-order valence-electron chi connectivity index (χ4n) is 13.4. The van der Waals surface area contributed by atoms with Crippen molar-refractivity contribution in [1.29, 1.82) is 0 Å². The number of amides is 2. The predicted octanol–water partition coefficient (Wildman–Crippen LogP) is 23.3. The lowest BCUT2D eigenvalue weighted by atomic mass is 9.93. The van der Waals surface area contributed by atoms with Crippen LogP contribution in [-0.2, 0) is 64.0 Å². The van der Waals surface area contributed by atoms with Crippen LogP contribution in [0.3, 0.4) is 0 Å². The van der Waals surface area contributed by atoms with E-state index in [4.69, 9.17) is 27.9 Å². The van der Waals surface area contributed by atoms with Gasteiger partial charge in [0.25, 0.3) is 0 Å². The summed E-state index contributed by atoms with van der Waals surface area (Å²) in [5.41, 5.74) is 1.64. The number of nitrogens with one attached hydrogen (secondary N) is 2. The van der Waals surface area contributed by atoms with Gasteiger partial charge in [-0.1, -0.05) is 340 Å². The van der Waals surface area contributed by atoms with Crippen molar-refractivity contribution in [2.45, 2.75) is 417 Å². The van der Waals surface area contributed by atoms with Gasteiger partial charge in [0, 0.05) is 20.0 Å². The standard InChI is InChI=1S/C83H147N2O11PSi/c1-11-15-19-23-27-31-33-37-41-45-55-63-77(88)93-72(61-53-43-39-35-29-25-21-17-13-3)65-75(86)84-79-80(85-76(87)66-73(62-54-44-40-36-30-26-22-18-14-4)94-78(89)64-56-46-42-38-34-32-28-24-20-16-12-2)82(91-8)95-74(67-92-98(9,10)83(5,6)7)81(79)96-97(90,68-70-57-49-47-50-58-70)69-71-59-51-48-52-60-71/h47-52,57-60,72-74,79-82H,11-46,53-56,61-69H2,1-10H3,(H,84,86)(H,85,87)/t72-,73-,74-,79-,80-,81-,82-/m1/s1. The summed E-state index contributed by atoms with van der Waals surface area (Å²) in [5, 5.41) is 6.43. The largest absolute Gasteiger partial charge is 0.462 e. The van der Waals surface area contributed by atoms with E-state index in [1.165, 1.54) is 168 Å². The van der Waals surface area contributed by atoms with Crippen molar-refractivity contribution in [3.63, 3.8) is 0 Å². The maximum Gasteiger partial charge on any atom is 0.306 e. The maximum absolute atomic E-state index is 16.2. The molecule has 1 aliphatic heterocycles. The first-order chi connectivity index (χ1) is 47.4. The Balaban J connectivity index is 2.07. The van der Waals surface area contributed by atoms with Gasteiger partial charge in [-0.05, 0) is 67.8 Å². The number of rotatable bonds is 62. The number of hydrogen-bond acceptors (Lipinski definition) is 11. The lowest BCUT2D eigenvalue weighted by molar-refractivity contribution is -0.236. The minimum absolute atomic E-state index is 0.0263. The summed E-state index contributed by atoms with van der Waals surface area (Å²) in [7, 11) is -4.77. The van der Waals surface area contributed by atoms with Crippen molar-refractivity contribution >= 4 is 39.4 Å². The average Bonchev–Trinajstić information content (AvgIpc) is 0.772. The molecular formula is C83H147N2O11PSi. The number of carbonyl (C=O) groups excluding carboxylic acids is 4. The third-order valence-corrected chi connectivity index (χ3v) is 27.3. The second-order valence-electron chi connectivity index (χ2n) is 30.6. The van der Waals surface area contributed by atoms with Crippen LogP contribution < -0.4 is 10.6 Å². The van der Waals surface area contributed by atoms with E-state index < -0.39 is 70.3 Å². The highest BCUT2D eigenvalue weighted by molar-refractivity contribution is 7.57. The Kier molecular flexibility index (Phi) is 50.0. The first-order valence-corrected chi connectivity index (χ1v) is 45.4. The Labute approximate surface area is 601 Å². The van der Waals surface area contributed by atoms with Crippen LogP contribution in [0, 0.1) is 0 Å². The van der Waals surface area contributed by atoms with E-state index >= 15 is 14.2 Å². The Morgan fingerprint density at radius 2 is 0.786 bits per heavy atom. The highest BCUT2D eigenvalue weighted by Gasteiger charge is 2.52. The second-order valence-corrected chi connectivity index (χ2v) is 37.9. The first-order valence-electron chi connectivity index (χ1n) is 40.5. The molecule has 0 spiro atoms. The van der Waals surface area contributed by atoms with Crippen molar-refractivity contribution in [3.8, 4) is 0 Å². The average molecular weight is 1410 g/mol. The molecule has 0 saturated carbocycles. The Hall–Kier alpha value is -3.39. The van der Waals surface area contributed by atoms with Crippen molar-refractivity contribution in [2.75, 3.05) is 13.7 Å². The first kappa shape index (κ1) is 88.8. The van der Waals surface area contributed by atoms with Gasteiger partial charge in [-0.3, -0.25) is 23.7 Å². The Bertz CT molecular complexity index is 2310. The topological polar surface area (TPSA) is 165 Å². The maximum atomic E-state index is 16.2. The number of carbonyl (C=O) groups is 4. The zero-order chi connectivity index (χ0) is 71.4. The van der Waals surface area contributed by atoms with Crippen LogP contribution in [0.25, 0.3) is 0 Å². The summed E-state index contributed by atoms with van der Waals surface area (Å²) in [6.45, 7) is 19.9. The van der Waals surface area contributed by atoms with E-state index in [-0.39, 0.29) is 55.2 Å². The molecule has 2 N–H and O–H groups in total. The molecule has 2 aromatic rings. The van der Waals surface area contributed by atoms with Gasteiger partial charge in [0.1, 0.15) is 30.5 Å². The second kappa shape index (κ2) is 55.2. The van der Waals surface area contributed by atoms with Crippen LogP contribution in [0.5, 0.6) is 0 Å². The molecule has 1 saturated heterocycles. The van der Waals surface area contributed by atoms with Crippen molar-refractivity contribution < 1.29 is 51.6 Å². The molecule has 1 fully saturated rings. The van der Waals surface area contributed by atoms with Gasteiger partial charge in [-0.2, -0.15) is 0 Å². The number of unbranched alkanes of at least 4 members (excludes halogenated alkanes) is 36. The van der Waals surface area contributed by atoms with E-state index in [9.17, 15) is 9.59 Å². The molecule has 1 heterocycles. The predicted molar refractivity (Wildman–Crippen MR) is 410 cm³/mol. The minimum Gasteiger partial charge on any atom is -0.462 e. The summed E-state index contributed by atoms with van der Waals surface area (Å²) < 4.78 is 56.4. The van der Waals surface area contributed by atoms with E-state index in [1.54, 1.807) is 0 Å². The van der Waals surface area contributed by atoms with Gasteiger partial charge < -0.3 is 38.5 Å². The van der Waals surface area contributed by atoms with Crippen LogP contribution in [-0.4, -0.2) is 88.6 Å². The molecule has 0 bridgehead atoms. The van der Waals surface area contributed by atoms with Crippen LogP contribution in [0.15, 0.2) is 60.7 Å². The fraction of sp³-hybridized carbons (Fsp3) is 0.807. The molecule has 564 valence electrons. The van der Waals surface area contributed by atoms with Gasteiger partial charge >= 0.3 is 11.9 Å². The molecular weight excluding hydrogens is 1260 g/mol. The van der Waals surface area contributed by atoms with Crippen molar-refractivity contribution in [3.05, 3.63) is 71.8 Å². The lowest BCUT2D eigenvalue weighted by Crippen LogP contribution is -2.70. The molecule has 15 heteroatoms. The van der Waals surface area contributed by atoms with Crippen LogP contribution in [0.1, 0.15) is 355 Å². The molecule has 0 aromatic heterocycles. The van der Waals surface area contributed by atoms with Crippen LogP contribution in [0.4, 0.5) is 0 Å². The molecule has 1 aliphatic rings. The monoisotopic (exact) mass is 1410 g/mol. The number of methoxy groups -OCH3 is 1. The Morgan fingerprint density at radius 1 is 0.469 bits per heavy atom. The number of esters is 2. The van der Waals surface area contributed by atoms with Crippen molar-refractivity contribution in [1.82, 2.24) is 10.6 Å². The third-order valence-electron chi connectivity index (χ3n) is 20.5. The molecule has 2 aromatic carbocycles. The summed E-state index contributed by atoms with van der Waals surface area (Å²) in [6.07, 6.45) is 43.1. The highest BCUT2D eigenvalue weighted by Crippen LogP contribution is 2.56. The zero-order valence-electron chi connectivity index (χ0n) is 64.4. The fourth-order valence-corrected chi connectivity index (χ4v) is 16.9. The number of ether oxygens (including phenoxy) is 4. The van der Waals surface area contributed by atoms with E-state index in [2.05, 4.69) is 72.2 Å². The zero-order valence-corrected chi connectivity index (χ0v) is 66.3. The lowest BCUT2D eigenvalue weighted by Gasteiger charge is -2.48. The van der Waals surface area contributed by atoms with Gasteiger partial charge in [0.15, 0.2) is 14.6 Å². The molecule has 0 aliphatic carbocycles.